The third kappa shape index (κ3) is 3.09. The van der Waals surface area contributed by atoms with E-state index in [1.54, 1.807) is 11.8 Å². The van der Waals surface area contributed by atoms with Gasteiger partial charge in [0.1, 0.15) is 5.38 Å². The Bertz CT molecular complexity index is 256. The number of nitrogens with zero attached hydrogens (tertiary/aromatic N) is 1. The summed E-state index contributed by atoms with van der Waals surface area (Å²) in [7, 11) is 0. The van der Waals surface area contributed by atoms with Crippen LogP contribution in [0.4, 0.5) is 4.79 Å². The number of hydrogen-bond donors (Lipinski definition) is 1. The van der Waals surface area contributed by atoms with Crippen molar-refractivity contribution in [3.8, 4) is 0 Å². The number of hydrogen-bond acceptors (Lipinski definition) is 2. The van der Waals surface area contributed by atoms with Gasteiger partial charge in [-0.15, -0.1) is 11.6 Å². The fourth-order valence-corrected chi connectivity index (χ4v) is 1.86. The van der Waals surface area contributed by atoms with Gasteiger partial charge < -0.3 is 4.90 Å². The van der Waals surface area contributed by atoms with E-state index in [1.807, 2.05) is 6.92 Å². The Morgan fingerprint density at radius 3 is 2.80 bits per heavy atom. The summed E-state index contributed by atoms with van der Waals surface area (Å²) >= 11 is 5.57. The van der Waals surface area contributed by atoms with E-state index < -0.39 is 11.3 Å². The maximum absolute atomic E-state index is 11.7. The first-order valence-electron chi connectivity index (χ1n) is 5.31. The topological polar surface area (TPSA) is 49.4 Å². The average molecular weight is 233 g/mol. The Kier molecular flexibility index (Phi) is 4.39. The van der Waals surface area contributed by atoms with Gasteiger partial charge in [-0.3, -0.25) is 10.1 Å². The van der Waals surface area contributed by atoms with Gasteiger partial charge in [-0.05, 0) is 26.2 Å². The lowest BCUT2D eigenvalue weighted by molar-refractivity contribution is -0.119. The van der Waals surface area contributed by atoms with Crippen LogP contribution >= 0.6 is 11.6 Å². The molecule has 0 aliphatic carbocycles. The van der Waals surface area contributed by atoms with Crippen molar-refractivity contribution in [1.82, 2.24) is 10.2 Å². The van der Waals surface area contributed by atoms with Gasteiger partial charge in [0.2, 0.25) is 5.91 Å². The first-order chi connectivity index (χ1) is 7.06. The number of amides is 3. The molecule has 86 valence electrons. The number of carbonyl (C=O) groups is 2. The third-order valence-corrected chi connectivity index (χ3v) is 2.90. The third-order valence-electron chi connectivity index (χ3n) is 2.70. The molecule has 0 bridgehead atoms. The summed E-state index contributed by atoms with van der Waals surface area (Å²) < 4.78 is 0. The van der Waals surface area contributed by atoms with Crippen LogP contribution in [0.1, 0.15) is 33.1 Å². The van der Waals surface area contributed by atoms with Gasteiger partial charge >= 0.3 is 6.03 Å². The smallest absolute Gasteiger partial charge is 0.321 e. The zero-order chi connectivity index (χ0) is 11.4. The molecule has 1 saturated heterocycles. The summed E-state index contributed by atoms with van der Waals surface area (Å²) in [5, 5.41) is 1.63. The summed E-state index contributed by atoms with van der Waals surface area (Å²) in [5.74, 6) is -0.427. The molecular weight excluding hydrogens is 216 g/mol. The minimum absolute atomic E-state index is 0.267. The van der Waals surface area contributed by atoms with Crippen LogP contribution in [0.15, 0.2) is 0 Å². The van der Waals surface area contributed by atoms with Crippen molar-refractivity contribution in [2.75, 3.05) is 6.54 Å². The van der Waals surface area contributed by atoms with Gasteiger partial charge in [0, 0.05) is 12.6 Å². The number of carbonyl (C=O) groups excluding carboxylic acids is 2. The van der Waals surface area contributed by atoms with E-state index in [0.29, 0.717) is 0 Å². The molecule has 0 radical (unpaired) electrons. The lowest BCUT2D eigenvalue weighted by atomic mass is 10.2. The zero-order valence-electron chi connectivity index (χ0n) is 9.12. The molecule has 0 aromatic carbocycles. The fourth-order valence-electron chi connectivity index (χ4n) is 1.80. The minimum atomic E-state index is -0.670. The lowest BCUT2D eigenvalue weighted by Crippen LogP contribution is -2.46. The van der Waals surface area contributed by atoms with E-state index in [0.717, 1.165) is 25.8 Å². The highest BCUT2D eigenvalue weighted by atomic mass is 35.5. The Morgan fingerprint density at radius 1 is 1.60 bits per heavy atom. The highest BCUT2D eigenvalue weighted by Crippen LogP contribution is 2.19. The van der Waals surface area contributed by atoms with Crippen LogP contribution in [0.2, 0.25) is 0 Å². The minimum Gasteiger partial charge on any atom is -0.321 e. The van der Waals surface area contributed by atoms with Crippen molar-refractivity contribution in [2.45, 2.75) is 44.5 Å². The normalized spacial score (nSPS) is 22.6. The molecule has 1 rings (SSSR count). The van der Waals surface area contributed by atoms with Crippen LogP contribution in [-0.2, 0) is 4.79 Å². The number of likely N-dealkylation sites (tertiary alicyclic amines) is 1. The molecule has 1 heterocycles. The second-order valence-corrected chi connectivity index (χ2v) is 4.46. The van der Waals surface area contributed by atoms with E-state index in [4.69, 9.17) is 11.6 Å². The number of urea groups is 1. The maximum Gasteiger partial charge on any atom is 0.324 e. The Morgan fingerprint density at radius 2 is 2.27 bits per heavy atom. The van der Waals surface area contributed by atoms with Crippen LogP contribution in [0.25, 0.3) is 0 Å². The van der Waals surface area contributed by atoms with Crippen LogP contribution in [-0.4, -0.2) is 34.8 Å². The SMILES string of the molecule is CCC1CCCN1C(=O)NC(=O)C(C)Cl. The van der Waals surface area contributed by atoms with Crippen molar-refractivity contribution in [1.29, 1.82) is 0 Å². The van der Waals surface area contributed by atoms with Gasteiger partial charge in [0.05, 0.1) is 0 Å². The largest absolute Gasteiger partial charge is 0.324 e. The van der Waals surface area contributed by atoms with Gasteiger partial charge in [0.25, 0.3) is 0 Å². The summed E-state index contributed by atoms with van der Waals surface area (Å²) in [5.41, 5.74) is 0. The summed E-state index contributed by atoms with van der Waals surface area (Å²) in [6.07, 6.45) is 2.96. The predicted octanol–water partition coefficient (Wildman–Crippen LogP) is 1.72. The van der Waals surface area contributed by atoms with Crippen molar-refractivity contribution < 1.29 is 9.59 Å². The van der Waals surface area contributed by atoms with Gasteiger partial charge in [-0.1, -0.05) is 6.92 Å². The van der Waals surface area contributed by atoms with E-state index in [-0.39, 0.29) is 12.1 Å². The molecule has 0 aromatic heterocycles. The summed E-state index contributed by atoms with van der Waals surface area (Å²) in [4.78, 5) is 24.6. The highest BCUT2D eigenvalue weighted by Gasteiger charge is 2.28. The Balaban J connectivity index is 2.49. The van der Waals surface area contributed by atoms with Crippen LogP contribution in [0.5, 0.6) is 0 Å². The van der Waals surface area contributed by atoms with E-state index >= 15 is 0 Å². The Labute approximate surface area is 95.0 Å². The van der Waals surface area contributed by atoms with E-state index in [1.165, 1.54) is 0 Å². The van der Waals surface area contributed by atoms with Gasteiger partial charge in [-0.2, -0.15) is 0 Å². The molecule has 1 fully saturated rings. The summed E-state index contributed by atoms with van der Waals surface area (Å²) in [6.45, 7) is 4.32. The molecule has 0 spiro atoms. The number of rotatable bonds is 2. The number of halogens is 1. The molecule has 1 N–H and O–H groups in total. The monoisotopic (exact) mass is 232 g/mol. The predicted molar refractivity (Wildman–Crippen MR) is 58.9 cm³/mol. The Hall–Kier alpha value is -0.770. The average Bonchev–Trinajstić information content (AvgIpc) is 2.64. The molecule has 0 saturated carbocycles. The standard InChI is InChI=1S/C10H17ClN2O2/c1-3-8-5-4-6-13(8)10(15)12-9(14)7(2)11/h7-8H,3-6H2,1-2H3,(H,12,14,15). The molecule has 2 atom stereocenters. The van der Waals surface area contributed by atoms with Crippen LogP contribution in [0, 0.1) is 0 Å². The van der Waals surface area contributed by atoms with E-state index in [9.17, 15) is 9.59 Å². The van der Waals surface area contributed by atoms with Crippen molar-refractivity contribution >= 4 is 23.5 Å². The first-order valence-corrected chi connectivity index (χ1v) is 5.75. The number of alkyl halides is 1. The molecule has 5 heteroatoms. The first kappa shape index (κ1) is 12.3. The molecule has 1 aliphatic heterocycles. The molecule has 4 nitrogen and oxygen atoms in total. The quantitative estimate of drug-likeness (QED) is 0.738. The molecule has 0 aromatic rings. The van der Waals surface area contributed by atoms with Crippen LogP contribution in [0.3, 0.4) is 0 Å². The molecule has 2 unspecified atom stereocenters. The molecule has 3 amide bonds. The zero-order valence-corrected chi connectivity index (χ0v) is 9.88. The van der Waals surface area contributed by atoms with Gasteiger partial charge in [-0.25, -0.2) is 4.79 Å². The van der Waals surface area contributed by atoms with Gasteiger partial charge in [0.15, 0.2) is 0 Å². The maximum atomic E-state index is 11.7. The van der Waals surface area contributed by atoms with Crippen molar-refractivity contribution in [3.63, 3.8) is 0 Å². The second-order valence-electron chi connectivity index (χ2n) is 3.81. The molecule has 1 aliphatic rings. The number of imide groups is 1. The second kappa shape index (κ2) is 5.35. The van der Waals surface area contributed by atoms with E-state index in [2.05, 4.69) is 5.32 Å². The van der Waals surface area contributed by atoms with Crippen molar-refractivity contribution in [3.05, 3.63) is 0 Å². The molecular formula is C10H17ClN2O2. The lowest BCUT2D eigenvalue weighted by Gasteiger charge is -2.23. The number of nitrogens with one attached hydrogen (secondary N) is 1. The fraction of sp³-hybridized carbons (Fsp3) is 0.800. The van der Waals surface area contributed by atoms with Crippen molar-refractivity contribution in [2.24, 2.45) is 0 Å². The van der Waals surface area contributed by atoms with Crippen LogP contribution < -0.4 is 5.32 Å². The highest BCUT2D eigenvalue weighted by molar-refractivity contribution is 6.31. The summed E-state index contributed by atoms with van der Waals surface area (Å²) in [6, 6.07) is -0.0414. The molecule has 15 heavy (non-hydrogen) atoms.